The van der Waals surface area contributed by atoms with Crippen LogP contribution in [0, 0.1) is 33.3 Å². The number of hydrogen-bond donors (Lipinski definition) is 0. The summed E-state index contributed by atoms with van der Waals surface area (Å²) in [5.74, 6) is -2.64. The van der Waals surface area contributed by atoms with Gasteiger partial charge in [-0.2, -0.15) is 18.4 Å². The number of rotatable bonds is 2. The minimum absolute atomic E-state index is 0.124. The fourth-order valence-electron chi connectivity index (χ4n) is 3.49. The Morgan fingerprint density at radius 2 is 1.83 bits per heavy atom. The van der Waals surface area contributed by atoms with Crippen LogP contribution in [0.15, 0.2) is 24.3 Å². The summed E-state index contributed by atoms with van der Waals surface area (Å²) in [4.78, 5) is 22.0. The van der Waals surface area contributed by atoms with E-state index in [0.717, 1.165) is 4.90 Å². The predicted octanol–water partition coefficient (Wildman–Crippen LogP) is 2.01. The number of non-ortho nitro benzene ring substituents is 1. The number of benzene rings is 1. The Morgan fingerprint density at radius 3 is 2.22 bits per heavy atom. The third-order valence-electron chi connectivity index (χ3n) is 4.65. The molecule has 1 aliphatic heterocycles. The maximum atomic E-state index is 12.4. The second kappa shape index (κ2) is 4.68. The van der Waals surface area contributed by atoms with Gasteiger partial charge in [-0.25, -0.2) is 0 Å². The number of amides is 1. The number of carbonyl (C=O) groups is 1. The number of fused-ring (bicyclic) bond motifs is 1. The zero-order valence-electron chi connectivity index (χ0n) is 11.6. The Bertz CT molecular complexity index is 712. The van der Waals surface area contributed by atoms with Gasteiger partial charge in [-0.1, -0.05) is 12.1 Å². The zero-order valence-corrected chi connectivity index (χ0v) is 11.6. The maximum Gasteiger partial charge on any atom is 0.471 e. The lowest BCUT2D eigenvalue weighted by Gasteiger charge is -2.23. The van der Waals surface area contributed by atoms with Crippen molar-refractivity contribution in [3.05, 3.63) is 39.9 Å². The molecule has 6 nitrogen and oxygen atoms in total. The third kappa shape index (κ3) is 2.13. The molecule has 120 valence electrons. The largest absolute Gasteiger partial charge is 0.471 e. The molecule has 3 rings (SSSR count). The van der Waals surface area contributed by atoms with E-state index in [2.05, 4.69) is 6.07 Å². The molecule has 9 heteroatoms. The van der Waals surface area contributed by atoms with Gasteiger partial charge in [0.1, 0.15) is 0 Å². The molecule has 0 N–H and O–H groups in total. The lowest BCUT2D eigenvalue weighted by Crippen LogP contribution is -2.42. The highest BCUT2D eigenvalue weighted by Gasteiger charge is 2.71. The number of hydrogen-bond acceptors (Lipinski definition) is 4. The molecular formula is C14H10F3N3O3. The molecule has 1 aliphatic carbocycles. The number of nitrogens with zero attached hydrogens (tertiary/aromatic N) is 3. The third-order valence-corrected chi connectivity index (χ3v) is 4.65. The SMILES string of the molecule is N#CC1(c2ccc([N+](=O)[O-])cc2)C2CN(C(=O)C(F)(F)F)CC21. The van der Waals surface area contributed by atoms with Crippen LogP contribution in [-0.2, 0) is 10.2 Å². The van der Waals surface area contributed by atoms with Gasteiger partial charge < -0.3 is 4.90 Å². The molecule has 1 saturated heterocycles. The van der Waals surface area contributed by atoms with Gasteiger partial charge in [0.15, 0.2) is 0 Å². The summed E-state index contributed by atoms with van der Waals surface area (Å²) in [6.45, 7) is -0.263. The number of carbonyl (C=O) groups excluding carboxylic acids is 1. The fraction of sp³-hybridized carbons (Fsp3) is 0.429. The smallest absolute Gasteiger partial charge is 0.334 e. The van der Waals surface area contributed by atoms with Crippen molar-refractivity contribution in [2.75, 3.05) is 13.1 Å². The van der Waals surface area contributed by atoms with Crippen LogP contribution in [0.5, 0.6) is 0 Å². The molecular weight excluding hydrogens is 315 g/mol. The van der Waals surface area contributed by atoms with E-state index >= 15 is 0 Å². The number of nitriles is 1. The van der Waals surface area contributed by atoms with Gasteiger partial charge in [0.25, 0.3) is 5.69 Å². The fourth-order valence-corrected chi connectivity index (χ4v) is 3.49. The van der Waals surface area contributed by atoms with Crippen molar-refractivity contribution < 1.29 is 22.9 Å². The van der Waals surface area contributed by atoms with Gasteiger partial charge in [0.2, 0.25) is 0 Å². The van der Waals surface area contributed by atoms with Crippen LogP contribution in [0.4, 0.5) is 18.9 Å². The van der Waals surface area contributed by atoms with Crippen molar-refractivity contribution in [3.8, 4) is 6.07 Å². The first-order valence-corrected chi connectivity index (χ1v) is 6.74. The average Bonchev–Trinajstić information content (AvgIpc) is 2.88. The van der Waals surface area contributed by atoms with Crippen molar-refractivity contribution in [2.45, 2.75) is 11.6 Å². The molecule has 1 saturated carbocycles. The summed E-state index contributed by atoms with van der Waals surface area (Å²) in [5, 5.41) is 20.1. The zero-order chi connectivity index (χ0) is 17.0. The summed E-state index contributed by atoms with van der Waals surface area (Å²) in [6, 6.07) is 7.57. The lowest BCUT2D eigenvalue weighted by molar-refractivity contribution is -0.384. The van der Waals surface area contributed by atoms with Gasteiger partial charge in [-0.15, -0.1) is 0 Å². The van der Waals surface area contributed by atoms with E-state index in [1.54, 1.807) is 0 Å². The minimum atomic E-state index is -4.92. The van der Waals surface area contributed by atoms with Crippen LogP contribution in [0.1, 0.15) is 5.56 Å². The molecule has 0 spiro atoms. The molecule has 2 atom stereocenters. The molecule has 2 unspecified atom stereocenters. The average molecular weight is 325 g/mol. The highest BCUT2D eigenvalue weighted by atomic mass is 19.4. The number of halogens is 3. The van der Waals surface area contributed by atoms with Crippen LogP contribution in [0.25, 0.3) is 0 Å². The van der Waals surface area contributed by atoms with Crippen LogP contribution in [-0.4, -0.2) is 35.0 Å². The van der Waals surface area contributed by atoms with E-state index in [4.69, 9.17) is 0 Å². The molecule has 0 radical (unpaired) electrons. The summed E-state index contributed by atoms with van der Waals surface area (Å²) in [5.41, 5.74) is -0.543. The van der Waals surface area contributed by atoms with Gasteiger partial charge in [-0.05, 0) is 5.56 Å². The van der Waals surface area contributed by atoms with Crippen LogP contribution >= 0.6 is 0 Å². The predicted molar refractivity (Wildman–Crippen MR) is 70.0 cm³/mol. The summed E-state index contributed by atoms with van der Waals surface area (Å²) in [6.07, 6.45) is -4.92. The molecule has 1 aromatic rings. The van der Waals surface area contributed by atoms with Gasteiger partial charge in [0, 0.05) is 37.1 Å². The summed E-state index contributed by atoms with van der Waals surface area (Å²) < 4.78 is 37.3. The van der Waals surface area contributed by atoms with E-state index in [1.165, 1.54) is 24.3 Å². The highest BCUT2D eigenvalue weighted by molar-refractivity contribution is 5.82. The van der Waals surface area contributed by atoms with E-state index in [0.29, 0.717) is 5.56 Å². The second-order valence-corrected chi connectivity index (χ2v) is 5.71. The summed E-state index contributed by atoms with van der Waals surface area (Å²) >= 11 is 0. The van der Waals surface area contributed by atoms with Crippen molar-refractivity contribution in [3.63, 3.8) is 0 Å². The first-order chi connectivity index (χ1) is 10.7. The topological polar surface area (TPSA) is 87.2 Å². The van der Waals surface area contributed by atoms with Gasteiger partial charge in [-0.3, -0.25) is 14.9 Å². The Balaban J connectivity index is 1.79. The lowest BCUT2D eigenvalue weighted by atomic mass is 9.91. The van der Waals surface area contributed by atoms with Crippen molar-refractivity contribution in [2.24, 2.45) is 11.8 Å². The van der Waals surface area contributed by atoms with E-state index < -0.39 is 22.4 Å². The number of alkyl halides is 3. The molecule has 0 aromatic heterocycles. The Hall–Kier alpha value is -2.63. The number of likely N-dealkylation sites (tertiary alicyclic amines) is 1. The Labute approximate surface area is 128 Å². The number of piperidine rings is 1. The molecule has 23 heavy (non-hydrogen) atoms. The van der Waals surface area contributed by atoms with Crippen LogP contribution in [0.3, 0.4) is 0 Å². The minimum Gasteiger partial charge on any atom is -0.334 e. The standard InChI is InChI=1S/C14H10F3N3O3/c15-14(16,17)12(21)19-5-10-11(6-19)13(10,7-18)8-1-3-9(4-2-8)20(22)23/h1-4,10-11H,5-6H2. The monoisotopic (exact) mass is 325 g/mol. The Morgan fingerprint density at radius 1 is 1.30 bits per heavy atom. The highest BCUT2D eigenvalue weighted by Crippen LogP contribution is 2.63. The van der Waals surface area contributed by atoms with E-state index in [9.17, 15) is 33.3 Å². The molecule has 2 aliphatic rings. The number of nitro groups is 1. The van der Waals surface area contributed by atoms with Crippen molar-refractivity contribution in [1.29, 1.82) is 5.26 Å². The van der Waals surface area contributed by atoms with Gasteiger partial charge in [0.05, 0.1) is 16.4 Å². The molecule has 0 bridgehead atoms. The normalized spacial score (nSPS) is 28.9. The Kier molecular flexibility index (Phi) is 3.11. The summed E-state index contributed by atoms with van der Waals surface area (Å²) in [7, 11) is 0. The molecule has 1 heterocycles. The van der Waals surface area contributed by atoms with Crippen LogP contribution in [0.2, 0.25) is 0 Å². The molecule has 2 fully saturated rings. The quantitative estimate of drug-likeness (QED) is 0.615. The maximum absolute atomic E-state index is 12.4. The first-order valence-electron chi connectivity index (χ1n) is 6.74. The molecule has 1 amide bonds. The molecule has 1 aromatic carbocycles. The van der Waals surface area contributed by atoms with Gasteiger partial charge >= 0.3 is 12.1 Å². The van der Waals surface area contributed by atoms with E-state index in [-0.39, 0.29) is 30.6 Å². The number of nitro benzene ring substituents is 1. The van der Waals surface area contributed by atoms with Crippen LogP contribution < -0.4 is 0 Å². The second-order valence-electron chi connectivity index (χ2n) is 5.71. The van der Waals surface area contributed by atoms with E-state index in [1.807, 2.05) is 0 Å². The van der Waals surface area contributed by atoms with Crippen molar-refractivity contribution >= 4 is 11.6 Å². The van der Waals surface area contributed by atoms with Crippen molar-refractivity contribution in [1.82, 2.24) is 4.90 Å². The first kappa shape index (κ1) is 15.3.